The molecule has 0 radical (unpaired) electrons. The highest BCUT2D eigenvalue weighted by Gasteiger charge is 2.16. The largest absolute Gasteiger partial charge is 0.488 e. The predicted molar refractivity (Wildman–Crippen MR) is 84.6 cm³/mol. The summed E-state index contributed by atoms with van der Waals surface area (Å²) in [6, 6.07) is 14.3. The second-order valence-corrected chi connectivity index (χ2v) is 4.99. The van der Waals surface area contributed by atoms with Crippen LogP contribution in [0, 0.1) is 0 Å². The second-order valence-electron chi connectivity index (χ2n) is 4.99. The van der Waals surface area contributed by atoms with Gasteiger partial charge in [0.2, 0.25) is 0 Å². The molecule has 0 atom stereocenters. The van der Waals surface area contributed by atoms with E-state index < -0.39 is 0 Å². The van der Waals surface area contributed by atoms with E-state index in [4.69, 9.17) is 9.47 Å². The third-order valence-corrected chi connectivity index (χ3v) is 3.50. The van der Waals surface area contributed by atoms with Crippen LogP contribution in [0.2, 0.25) is 0 Å². The Morgan fingerprint density at radius 2 is 2.00 bits per heavy atom. The maximum absolute atomic E-state index is 5.99. The van der Waals surface area contributed by atoms with Crippen molar-refractivity contribution >= 4 is 0 Å². The van der Waals surface area contributed by atoms with Crippen molar-refractivity contribution in [3.63, 3.8) is 0 Å². The molecule has 0 aromatic heterocycles. The Kier molecular flexibility index (Phi) is 4.06. The summed E-state index contributed by atoms with van der Waals surface area (Å²) in [5.41, 5.74) is 3.42. The molecule has 3 rings (SSSR count). The van der Waals surface area contributed by atoms with Gasteiger partial charge >= 0.3 is 0 Å². The van der Waals surface area contributed by atoms with Crippen molar-refractivity contribution in [3.8, 4) is 11.5 Å². The molecule has 0 N–H and O–H groups in total. The average Bonchev–Trinajstić information content (AvgIpc) is 2.55. The van der Waals surface area contributed by atoms with Crippen molar-refractivity contribution in [2.24, 2.45) is 0 Å². The normalized spacial score (nSPS) is 12.4. The van der Waals surface area contributed by atoms with Gasteiger partial charge in [0.05, 0.1) is 6.26 Å². The fraction of sp³-hybridized carbons (Fsp3) is 0.158. The van der Waals surface area contributed by atoms with Crippen LogP contribution >= 0.6 is 0 Å². The van der Waals surface area contributed by atoms with Gasteiger partial charge in [-0.1, -0.05) is 42.5 Å². The lowest BCUT2D eigenvalue weighted by Gasteiger charge is -2.19. The van der Waals surface area contributed by atoms with Crippen LogP contribution in [0.5, 0.6) is 11.5 Å². The molecule has 0 fully saturated rings. The monoisotopic (exact) mass is 278 g/mol. The summed E-state index contributed by atoms with van der Waals surface area (Å²) in [5, 5.41) is 0. The summed E-state index contributed by atoms with van der Waals surface area (Å²) >= 11 is 0. The first-order chi connectivity index (χ1) is 10.4. The van der Waals surface area contributed by atoms with Crippen molar-refractivity contribution in [2.75, 3.05) is 0 Å². The Morgan fingerprint density at radius 3 is 2.81 bits per heavy atom. The van der Waals surface area contributed by atoms with Gasteiger partial charge in [0, 0.05) is 5.56 Å². The fourth-order valence-corrected chi connectivity index (χ4v) is 2.47. The molecule has 0 spiro atoms. The Bertz CT molecular complexity index is 657. The van der Waals surface area contributed by atoms with Crippen LogP contribution in [0.3, 0.4) is 0 Å². The molecule has 21 heavy (non-hydrogen) atoms. The Balaban J connectivity index is 1.86. The molecular formula is C19H18O2. The lowest BCUT2D eigenvalue weighted by molar-refractivity contribution is 0.301. The molecule has 1 aliphatic heterocycles. The zero-order valence-corrected chi connectivity index (χ0v) is 11.9. The minimum Gasteiger partial charge on any atom is -0.488 e. The Hall–Kier alpha value is -2.48. The number of rotatable bonds is 5. The molecule has 1 heterocycles. The lowest BCUT2D eigenvalue weighted by atomic mass is 10.0. The van der Waals surface area contributed by atoms with Gasteiger partial charge in [-0.05, 0) is 36.1 Å². The van der Waals surface area contributed by atoms with Crippen LogP contribution in [0.1, 0.15) is 16.7 Å². The van der Waals surface area contributed by atoms with Crippen LogP contribution in [0.25, 0.3) is 0 Å². The first kappa shape index (κ1) is 13.5. The zero-order chi connectivity index (χ0) is 14.5. The third-order valence-electron chi connectivity index (χ3n) is 3.50. The Morgan fingerprint density at radius 1 is 1.14 bits per heavy atom. The SMILES string of the molecule is C=CCc1c(OCc2ccccc2)ccc2c1OC=CC2. The summed E-state index contributed by atoms with van der Waals surface area (Å²) in [6.45, 7) is 4.39. The minimum atomic E-state index is 0.555. The van der Waals surface area contributed by atoms with Gasteiger partial charge in [-0.25, -0.2) is 0 Å². The van der Waals surface area contributed by atoms with Crippen molar-refractivity contribution in [1.82, 2.24) is 0 Å². The molecule has 0 saturated heterocycles. The summed E-state index contributed by atoms with van der Waals surface area (Å²) in [5.74, 6) is 1.79. The van der Waals surface area contributed by atoms with Gasteiger partial charge in [0.1, 0.15) is 18.1 Å². The van der Waals surface area contributed by atoms with Crippen LogP contribution in [0.15, 0.2) is 67.5 Å². The van der Waals surface area contributed by atoms with E-state index in [2.05, 4.69) is 24.8 Å². The van der Waals surface area contributed by atoms with Gasteiger partial charge in [0.15, 0.2) is 0 Å². The molecule has 0 saturated carbocycles. The number of benzene rings is 2. The highest BCUT2D eigenvalue weighted by atomic mass is 16.5. The van der Waals surface area contributed by atoms with E-state index in [-0.39, 0.29) is 0 Å². The summed E-state index contributed by atoms with van der Waals surface area (Å²) in [6.07, 6.45) is 7.28. The van der Waals surface area contributed by atoms with E-state index in [9.17, 15) is 0 Å². The van der Waals surface area contributed by atoms with Crippen LogP contribution in [-0.4, -0.2) is 0 Å². The average molecular weight is 278 g/mol. The van der Waals surface area contributed by atoms with Crippen molar-refractivity contribution in [3.05, 3.63) is 84.1 Å². The van der Waals surface area contributed by atoms with Gasteiger partial charge in [-0.2, -0.15) is 0 Å². The standard InChI is InChI=1S/C19H18O2/c1-2-7-17-18(21-14-15-8-4-3-5-9-15)12-11-16-10-6-13-20-19(16)17/h2-6,8-9,11-13H,1,7,10,14H2. The molecule has 1 aliphatic rings. The molecule has 0 amide bonds. The third kappa shape index (κ3) is 3.00. The van der Waals surface area contributed by atoms with Gasteiger partial charge in [-0.3, -0.25) is 0 Å². The van der Waals surface area contributed by atoms with Crippen molar-refractivity contribution in [2.45, 2.75) is 19.4 Å². The molecule has 2 heteroatoms. The molecule has 2 aromatic carbocycles. The second kappa shape index (κ2) is 6.31. The summed E-state index contributed by atoms with van der Waals surface area (Å²) < 4.78 is 11.7. The molecule has 106 valence electrons. The number of hydrogen-bond donors (Lipinski definition) is 0. The zero-order valence-electron chi connectivity index (χ0n) is 11.9. The first-order valence-corrected chi connectivity index (χ1v) is 7.12. The molecular weight excluding hydrogens is 260 g/mol. The molecule has 0 aliphatic carbocycles. The van der Waals surface area contributed by atoms with Crippen LogP contribution < -0.4 is 9.47 Å². The van der Waals surface area contributed by atoms with Crippen LogP contribution in [-0.2, 0) is 19.4 Å². The number of fused-ring (bicyclic) bond motifs is 1. The Labute approximate surface area is 125 Å². The van der Waals surface area contributed by atoms with E-state index in [1.807, 2.05) is 36.4 Å². The van der Waals surface area contributed by atoms with E-state index in [0.29, 0.717) is 6.61 Å². The summed E-state index contributed by atoms with van der Waals surface area (Å²) in [4.78, 5) is 0. The number of hydrogen-bond acceptors (Lipinski definition) is 2. The van der Waals surface area contributed by atoms with Gasteiger partial charge in [0.25, 0.3) is 0 Å². The fourth-order valence-electron chi connectivity index (χ4n) is 2.47. The molecule has 2 aromatic rings. The van der Waals surface area contributed by atoms with E-state index in [1.54, 1.807) is 6.26 Å². The van der Waals surface area contributed by atoms with E-state index in [0.717, 1.165) is 35.5 Å². The van der Waals surface area contributed by atoms with Gasteiger partial charge < -0.3 is 9.47 Å². The van der Waals surface area contributed by atoms with E-state index in [1.165, 1.54) is 5.56 Å². The topological polar surface area (TPSA) is 18.5 Å². The minimum absolute atomic E-state index is 0.555. The van der Waals surface area contributed by atoms with Crippen molar-refractivity contribution in [1.29, 1.82) is 0 Å². The number of ether oxygens (including phenoxy) is 2. The highest BCUT2D eigenvalue weighted by Crippen LogP contribution is 2.35. The molecule has 0 unspecified atom stereocenters. The quantitative estimate of drug-likeness (QED) is 0.753. The lowest BCUT2D eigenvalue weighted by Crippen LogP contribution is -2.04. The molecule has 2 nitrogen and oxygen atoms in total. The van der Waals surface area contributed by atoms with Crippen LogP contribution in [0.4, 0.5) is 0 Å². The number of allylic oxidation sites excluding steroid dienone is 2. The maximum Gasteiger partial charge on any atom is 0.137 e. The summed E-state index contributed by atoms with van der Waals surface area (Å²) in [7, 11) is 0. The van der Waals surface area contributed by atoms with Crippen molar-refractivity contribution < 1.29 is 9.47 Å². The smallest absolute Gasteiger partial charge is 0.137 e. The van der Waals surface area contributed by atoms with E-state index >= 15 is 0 Å². The molecule has 0 bridgehead atoms. The first-order valence-electron chi connectivity index (χ1n) is 7.12. The maximum atomic E-state index is 5.99. The van der Waals surface area contributed by atoms with Gasteiger partial charge in [-0.15, -0.1) is 6.58 Å². The predicted octanol–water partition coefficient (Wildman–Crippen LogP) is 4.44. The highest BCUT2D eigenvalue weighted by molar-refractivity contribution is 5.53.